The molecule has 0 amide bonds. The van der Waals surface area contributed by atoms with Crippen LogP contribution in [0.1, 0.15) is 58.3 Å². The van der Waals surface area contributed by atoms with Crippen LogP contribution in [0.4, 0.5) is 0 Å². The van der Waals surface area contributed by atoms with Crippen LogP contribution in [0, 0.1) is 0 Å². The predicted molar refractivity (Wildman–Crippen MR) is 198 cm³/mol. The van der Waals surface area contributed by atoms with Gasteiger partial charge in [0, 0.05) is 42.5 Å². The molecule has 9 nitrogen and oxygen atoms in total. The summed E-state index contributed by atoms with van der Waals surface area (Å²) in [7, 11) is 0. The van der Waals surface area contributed by atoms with Crippen LogP contribution in [-0.4, -0.2) is 64.9 Å². The highest BCUT2D eigenvalue weighted by atomic mass is 79.9. The Hall–Kier alpha value is -3.80. The second-order valence-electron chi connectivity index (χ2n) is 13.5. The van der Waals surface area contributed by atoms with Gasteiger partial charge in [0.05, 0.1) is 21.3 Å². The standard InChI is InChI=1S/C21H23BrN4O.C17H16BrN3O/c22-19-13-24-26-14-17(12-23-20(19)26)16-4-6-18(7-5-16)27-21(8-9-21)15-25-10-2-1-3-11-25;1-2-17(7-8-17)22-14-5-3-12(4-6-14)13-9-19-16-15(18)10-20-21(16)11-13/h4-7,12-14H,1-3,8-11,15H2;3-6,9-11H,2,7-8H2,1H3. The van der Waals surface area contributed by atoms with Gasteiger partial charge in [-0.05, 0) is 125 Å². The van der Waals surface area contributed by atoms with E-state index in [1.807, 2.05) is 36.9 Å². The maximum Gasteiger partial charge on any atom is 0.169 e. The number of benzene rings is 2. The van der Waals surface area contributed by atoms with Crippen LogP contribution in [0.2, 0.25) is 0 Å². The zero-order valence-electron chi connectivity index (χ0n) is 27.6. The van der Waals surface area contributed by atoms with Crippen molar-refractivity contribution in [3.05, 3.63) is 94.7 Å². The van der Waals surface area contributed by atoms with Crippen molar-refractivity contribution >= 4 is 43.2 Å². The van der Waals surface area contributed by atoms with Gasteiger partial charge in [0.25, 0.3) is 0 Å². The Morgan fingerprint density at radius 2 is 1.08 bits per heavy atom. The third-order valence-corrected chi connectivity index (χ3v) is 11.0. The number of likely N-dealkylation sites (tertiary alicyclic amines) is 1. The van der Waals surface area contributed by atoms with E-state index >= 15 is 0 Å². The van der Waals surface area contributed by atoms with Crippen LogP contribution >= 0.6 is 31.9 Å². The fourth-order valence-electron chi connectivity index (χ4n) is 6.54. The summed E-state index contributed by atoms with van der Waals surface area (Å²) in [4.78, 5) is 11.5. The maximum atomic E-state index is 6.40. The average molecular weight is 786 g/mol. The van der Waals surface area contributed by atoms with E-state index in [0.29, 0.717) is 0 Å². The van der Waals surface area contributed by atoms with E-state index in [-0.39, 0.29) is 11.2 Å². The zero-order valence-corrected chi connectivity index (χ0v) is 30.7. The second kappa shape index (κ2) is 13.5. The molecule has 3 fully saturated rings. The molecule has 11 heteroatoms. The van der Waals surface area contributed by atoms with E-state index in [2.05, 4.69) is 100 Å². The lowest BCUT2D eigenvalue weighted by Crippen LogP contribution is -2.40. The molecule has 0 bridgehead atoms. The molecule has 49 heavy (non-hydrogen) atoms. The predicted octanol–water partition coefficient (Wildman–Crippen LogP) is 9.04. The highest BCUT2D eigenvalue weighted by Gasteiger charge is 2.47. The number of rotatable bonds is 9. The zero-order chi connectivity index (χ0) is 33.4. The highest BCUT2D eigenvalue weighted by Crippen LogP contribution is 2.43. The summed E-state index contributed by atoms with van der Waals surface area (Å²) in [6.07, 6.45) is 21.0. The lowest BCUT2D eigenvalue weighted by atomic mass is 10.1. The Labute approximate surface area is 302 Å². The molecule has 1 saturated heterocycles. The summed E-state index contributed by atoms with van der Waals surface area (Å²) in [5.41, 5.74) is 6.09. The molecule has 252 valence electrons. The first kappa shape index (κ1) is 32.4. The van der Waals surface area contributed by atoms with Crippen molar-refractivity contribution in [3.63, 3.8) is 0 Å². The van der Waals surface area contributed by atoms with Crippen LogP contribution in [0.5, 0.6) is 11.5 Å². The van der Waals surface area contributed by atoms with E-state index in [9.17, 15) is 0 Å². The maximum absolute atomic E-state index is 6.40. The number of piperidine rings is 1. The van der Waals surface area contributed by atoms with Gasteiger partial charge in [-0.2, -0.15) is 10.2 Å². The summed E-state index contributed by atoms with van der Waals surface area (Å²) >= 11 is 6.90. The molecule has 2 aliphatic carbocycles. The minimum absolute atomic E-state index is 0.0423. The van der Waals surface area contributed by atoms with Crippen molar-refractivity contribution in [2.75, 3.05) is 19.6 Å². The van der Waals surface area contributed by atoms with Gasteiger partial charge in [-0.15, -0.1) is 0 Å². The van der Waals surface area contributed by atoms with Crippen molar-refractivity contribution < 1.29 is 9.47 Å². The number of halogens is 2. The Morgan fingerprint density at radius 1 is 0.612 bits per heavy atom. The molecule has 2 aromatic carbocycles. The normalized spacial score (nSPS) is 17.8. The van der Waals surface area contributed by atoms with Gasteiger partial charge in [-0.3, -0.25) is 4.90 Å². The van der Waals surface area contributed by atoms with Gasteiger partial charge >= 0.3 is 0 Å². The van der Waals surface area contributed by atoms with Crippen LogP contribution in [-0.2, 0) is 0 Å². The fraction of sp³-hybridized carbons (Fsp3) is 0.368. The average Bonchev–Trinajstić information content (AvgIpc) is 4.02. The molecule has 6 aromatic rings. The number of hydrogen-bond acceptors (Lipinski definition) is 7. The molecule has 0 radical (unpaired) electrons. The molecule has 0 atom stereocenters. The summed E-state index contributed by atoms with van der Waals surface area (Å²) in [5.74, 6) is 1.91. The smallest absolute Gasteiger partial charge is 0.169 e. The third-order valence-electron chi connectivity index (χ3n) is 9.89. The van der Waals surface area contributed by atoms with Crippen molar-refractivity contribution in [2.45, 2.75) is 69.5 Å². The topological polar surface area (TPSA) is 82.1 Å². The molecule has 0 spiro atoms. The first-order chi connectivity index (χ1) is 23.9. The van der Waals surface area contributed by atoms with Crippen LogP contribution in [0.15, 0.2) is 94.7 Å². The fourth-order valence-corrected chi connectivity index (χ4v) is 7.30. The largest absolute Gasteiger partial charge is 0.487 e. The number of hydrogen-bond donors (Lipinski definition) is 0. The lowest BCUT2D eigenvalue weighted by molar-refractivity contribution is 0.101. The van der Waals surface area contributed by atoms with E-state index < -0.39 is 0 Å². The number of nitrogens with zero attached hydrogens (tertiary/aromatic N) is 7. The minimum atomic E-state index is 0.0423. The number of aromatic nitrogens is 6. The second-order valence-corrected chi connectivity index (χ2v) is 15.2. The summed E-state index contributed by atoms with van der Waals surface area (Å²) in [6, 6.07) is 16.6. The lowest BCUT2D eigenvalue weighted by Gasteiger charge is -2.30. The highest BCUT2D eigenvalue weighted by molar-refractivity contribution is 9.11. The third kappa shape index (κ3) is 7.25. The molecule has 9 rings (SSSR count). The SMILES string of the molecule is Brc1cnn2cc(-c3ccc(OC4(CN5CCCCC5)CC4)cc3)cnc12.CCC1(Oc2ccc(-c3cnc4c(Br)cnn4c3)cc2)CC1. The van der Waals surface area contributed by atoms with E-state index in [1.54, 1.807) is 21.4 Å². The van der Waals surface area contributed by atoms with E-state index in [1.165, 1.54) is 58.0 Å². The summed E-state index contributed by atoms with van der Waals surface area (Å²) in [5, 5.41) is 8.58. The van der Waals surface area contributed by atoms with Crippen molar-refractivity contribution in [3.8, 4) is 33.8 Å². The molecule has 0 unspecified atom stereocenters. The molecular weight excluding hydrogens is 746 g/mol. The molecule has 3 aliphatic rings. The van der Waals surface area contributed by atoms with E-state index in [4.69, 9.17) is 9.47 Å². The monoisotopic (exact) mass is 783 g/mol. The first-order valence-electron chi connectivity index (χ1n) is 17.2. The molecule has 0 N–H and O–H groups in total. The van der Waals surface area contributed by atoms with Gasteiger partial charge in [0.1, 0.15) is 22.7 Å². The Bertz CT molecular complexity index is 2060. The number of fused-ring (bicyclic) bond motifs is 2. The number of ether oxygens (including phenoxy) is 2. The molecule has 5 heterocycles. The molecule has 1 aliphatic heterocycles. The van der Waals surface area contributed by atoms with E-state index in [0.717, 1.165) is 67.0 Å². The van der Waals surface area contributed by atoms with Crippen LogP contribution in [0.3, 0.4) is 0 Å². The van der Waals surface area contributed by atoms with Crippen molar-refractivity contribution in [2.24, 2.45) is 0 Å². The Morgan fingerprint density at radius 3 is 1.53 bits per heavy atom. The van der Waals surface area contributed by atoms with Crippen LogP contribution < -0.4 is 9.47 Å². The Kier molecular flexibility index (Phi) is 8.92. The molecule has 4 aromatic heterocycles. The summed E-state index contributed by atoms with van der Waals surface area (Å²) < 4.78 is 17.9. The van der Waals surface area contributed by atoms with Crippen molar-refractivity contribution in [1.82, 2.24) is 34.1 Å². The van der Waals surface area contributed by atoms with Crippen molar-refractivity contribution in [1.29, 1.82) is 0 Å². The first-order valence-corrected chi connectivity index (χ1v) is 18.8. The van der Waals surface area contributed by atoms with Gasteiger partial charge < -0.3 is 9.47 Å². The quantitative estimate of drug-likeness (QED) is 0.145. The Balaban J connectivity index is 0.000000145. The summed E-state index contributed by atoms with van der Waals surface area (Å²) in [6.45, 7) is 5.71. The molecule has 2 saturated carbocycles. The van der Waals surface area contributed by atoms with Gasteiger partial charge in [-0.1, -0.05) is 37.6 Å². The van der Waals surface area contributed by atoms with Gasteiger partial charge in [0.2, 0.25) is 0 Å². The molecular formula is C38H39Br2N7O2. The van der Waals surface area contributed by atoms with Crippen LogP contribution in [0.25, 0.3) is 33.5 Å². The minimum Gasteiger partial charge on any atom is -0.487 e. The van der Waals surface area contributed by atoms with Gasteiger partial charge in [0.15, 0.2) is 11.3 Å². The van der Waals surface area contributed by atoms with Gasteiger partial charge in [-0.25, -0.2) is 19.0 Å².